The standard InChI is InChI=1S/C17H16N2O4/c20-16-14-10-4-5-11(13-7-12(10)13)15(14)17(21)18(16)8-2-1-3-9(6-8)19(22)23/h1-3,6,10-15H,4-5,7H2/t10-,11+,12-,13+,14-,15+. The van der Waals surface area contributed by atoms with Crippen LogP contribution < -0.4 is 4.90 Å². The maximum Gasteiger partial charge on any atom is 0.271 e. The van der Waals surface area contributed by atoms with Crippen LogP contribution in [-0.2, 0) is 9.59 Å². The van der Waals surface area contributed by atoms with Crippen LogP contribution in [0.2, 0.25) is 0 Å². The quantitative estimate of drug-likeness (QED) is 0.477. The molecule has 118 valence electrons. The van der Waals surface area contributed by atoms with Crippen molar-refractivity contribution in [3.63, 3.8) is 0 Å². The number of nitro benzene ring substituents is 1. The van der Waals surface area contributed by atoms with Gasteiger partial charge in [0.2, 0.25) is 11.8 Å². The van der Waals surface area contributed by atoms with Crippen molar-refractivity contribution in [2.45, 2.75) is 19.3 Å². The highest BCUT2D eigenvalue weighted by Gasteiger charge is 2.68. The van der Waals surface area contributed by atoms with Gasteiger partial charge in [0.25, 0.3) is 5.69 Å². The molecule has 1 aromatic carbocycles. The lowest BCUT2D eigenvalue weighted by Gasteiger charge is -2.42. The van der Waals surface area contributed by atoms with Crippen molar-refractivity contribution in [3.05, 3.63) is 34.4 Å². The Balaban J connectivity index is 1.56. The highest BCUT2D eigenvalue weighted by Crippen LogP contribution is 2.68. The summed E-state index contributed by atoms with van der Waals surface area (Å²) in [7, 11) is 0. The first-order valence-corrected chi connectivity index (χ1v) is 8.20. The Morgan fingerprint density at radius 1 is 1.00 bits per heavy atom. The molecule has 1 saturated heterocycles. The fraction of sp³-hybridized carbons (Fsp3) is 0.529. The van der Waals surface area contributed by atoms with Gasteiger partial charge in [0, 0.05) is 12.1 Å². The van der Waals surface area contributed by atoms with Crippen LogP contribution in [0.25, 0.3) is 0 Å². The predicted octanol–water partition coefficient (Wildman–Crippen LogP) is 2.38. The Morgan fingerprint density at radius 3 is 2.17 bits per heavy atom. The van der Waals surface area contributed by atoms with E-state index in [1.54, 1.807) is 6.07 Å². The summed E-state index contributed by atoms with van der Waals surface area (Å²) in [5, 5.41) is 11.0. The molecule has 6 heteroatoms. The molecule has 0 aromatic heterocycles. The molecular formula is C17H16N2O4. The van der Waals surface area contributed by atoms with Gasteiger partial charge < -0.3 is 0 Å². The van der Waals surface area contributed by atoms with E-state index in [0.29, 0.717) is 29.4 Å². The molecule has 6 atom stereocenters. The number of non-ortho nitro benzene ring substituents is 1. The third-order valence-corrected chi connectivity index (χ3v) is 6.44. The van der Waals surface area contributed by atoms with Gasteiger partial charge in [-0.1, -0.05) is 6.07 Å². The number of anilines is 1. The van der Waals surface area contributed by atoms with E-state index < -0.39 is 4.92 Å². The number of amides is 2. The molecule has 1 aliphatic heterocycles. The number of rotatable bonds is 2. The molecule has 5 aliphatic rings. The maximum atomic E-state index is 12.9. The molecule has 4 saturated carbocycles. The average molecular weight is 312 g/mol. The normalized spacial score (nSPS) is 40.1. The lowest BCUT2D eigenvalue weighted by atomic mass is 9.59. The van der Waals surface area contributed by atoms with Crippen LogP contribution in [0.4, 0.5) is 11.4 Å². The Kier molecular flexibility index (Phi) is 2.41. The van der Waals surface area contributed by atoms with Gasteiger partial charge in [0.1, 0.15) is 0 Å². The van der Waals surface area contributed by atoms with Crippen LogP contribution in [0.1, 0.15) is 19.3 Å². The predicted molar refractivity (Wildman–Crippen MR) is 80.4 cm³/mol. The fourth-order valence-corrected chi connectivity index (χ4v) is 5.54. The summed E-state index contributed by atoms with van der Waals surface area (Å²) in [4.78, 5) is 37.5. The van der Waals surface area contributed by atoms with Gasteiger partial charge in [-0.2, -0.15) is 0 Å². The van der Waals surface area contributed by atoms with Gasteiger partial charge in [-0.05, 0) is 49.0 Å². The molecule has 4 aliphatic carbocycles. The van der Waals surface area contributed by atoms with Crippen LogP contribution in [-0.4, -0.2) is 16.7 Å². The van der Waals surface area contributed by atoms with Gasteiger partial charge in [-0.15, -0.1) is 0 Å². The van der Waals surface area contributed by atoms with Crippen LogP contribution in [0.5, 0.6) is 0 Å². The van der Waals surface area contributed by atoms with Crippen LogP contribution in [0.3, 0.4) is 0 Å². The van der Waals surface area contributed by atoms with Gasteiger partial charge in [-0.3, -0.25) is 19.7 Å². The number of nitrogens with zero attached hydrogens (tertiary/aromatic N) is 2. The minimum absolute atomic E-state index is 0.0937. The number of hydrogen-bond acceptors (Lipinski definition) is 4. The number of benzene rings is 1. The van der Waals surface area contributed by atoms with Gasteiger partial charge in [0.05, 0.1) is 22.4 Å². The lowest BCUT2D eigenvalue weighted by Crippen LogP contribution is -2.43. The zero-order valence-electron chi connectivity index (χ0n) is 12.4. The van der Waals surface area contributed by atoms with Crippen molar-refractivity contribution in [1.82, 2.24) is 0 Å². The number of carbonyl (C=O) groups is 2. The minimum Gasteiger partial charge on any atom is -0.274 e. The monoisotopic (exact) mass is 312 g/mol. The number of fused-ring (bicyclic) bond motifs is 1. The van der Waals surface area contributed by atoms with E-state index in [2.05, 4.69) is 0 Å². The van der Waals surface area contributed by atoms with Crippen LogP contribution in [0.15, 0.2) is 24.3 Å². The fourth-order valence-electron chi connectivity index (χ4n) is 5.54. The molecule has 6 rings (SSSR count). The molecule has 5 fully saturated rings. The molecular weight excluding hydrogens is 296 g/mol. The van der Waals surface area contributed by atoms with E-state index in [4.69, 9.17) is 0 Å². The zero-order chi connectivity index (χ0) is 15.9. The van der Waals surface area contributed by atoms with Crippen molar-refractivity contribution in [2.75, 3.05) is 4.90 Å². The smallest absolute Gasteiger partial charge is 0.271 e. The van der Waals surface area contributed by atoms with E-state index >= 15 is 0 Å². The number of hydrogen-bond donors (Lipinski definition) is 0. The first-order valence-electron chi connectivity index (χ1n) is 8.20. The highest BCUT2D eigenvalue weighted by molar-refractivity contribution is 6.22. The molecule has 1 aromatic rings. The van der Waals surface area contributed by atoms with Crippen molar-refractivity contribution in [2.24, 2.45) is 35.5 Å². The molecule has 23 heavy (non-hydrogen) atoms. The van der Waals surface area contributed by atoms with Crippen molar-refractivity contribution in [3.8, 4) is 0 Å². The SMILES string of the molecule is O=C1[C@@H]2[C@@H]3CC[C@@H]([C@@H]4C[C@@H]43)[C@@H]2C(=O)N1c1cccc([N+](=O)[O-])c1. The van der Waals surface area contributed by atoms with Crippen molar-refractivity contribution < 1.29 is 14.5 Å². The second-order valence-corrected chi connectivity index (χ2v) is 7.31. The van der Waals surface area contributed by atoms with Crippen LogP contribution >= 0.6 is 0 Å². The molecule has 0 spiro atoms. The van der Waals surface area contributed by atoms with Crippen molar-refractivity contribution in [1.29, 1.82) is 0 Å². The molecule has 0 N–H and O–H groups in total. The summed E-state index contributed by atoms with van der Waals surface area (Å²) in [6.07, 6.45) is 3.28. The van der Waals surface area contributed by atoms with Crippen molar-refractivity contribution >= 4 is 23.2 Å². The Bertz CT molecular complexity index is 727. The molecule has 2 amide bonds. The van der Waals surface area contributed by atoms with E-state index in [-0.39, 0.29) is 29.3 Å². The number of nitro groups is 1. The summed E-state index contributed by atoms with van der Waals surface area (Å²) < 4.78 is 0. The van der Waals surface area contributed by atoms with E-state index in [0.717, 1.165) is 12.8 Å². The minimum atomic E-state index is -0.500. The van der Waals surface area contributed by atoms with Gasteiger partial charge >= 0.3 is 0 Å². The van der Waals surface area contributed by atoms with E-state index in [1.807, 2.05) is 0 Å². The Hall–Kier alpha value is -2.24. The molecule has 2 bridgehead atoms. The first kappa shape index (κ1) is 13.2. The maximum absolute atomic E-state index is 12.9. The third-order valence-electron chi connectivity index (χ3n) is 6.44. The first-order chi connectivity index (χ1) is 11.1. The summed E-state index contributed by atoms with van der Waals surface area (Å²) in [6, 6.07) is 5.85. The molecule has 1 heterocycles. The largest absolute Gasteiger partial charge is 0.274 e. The average Bonchev–Trinajstić information content (AvgIpc) is 3.32. The Morgan fingerprint density at radius 2 is 1.61 bits per heavy atom. The Labute approximate surface area is 132 Å². The summed E-state index contributed by atoms with van der Waals surface area (Å²) in [6.45, 7) is 0. The summed E-state index contributed by atoms with van der Waals surface area (Å²) in [5.74, 6) is 1.30. The molecule has 0 radical (unpaired) electrons. The number of carbonyl (C=O) groups excluding carboxylic acids is 2. The zero-order valence-corrected chi connectivity index (χ0v) is 12.4. The third kappa shape index (κ3) is 1.58. The van der Waals surface area contributed by atoms with Crippen LogP contribution in [0, 0.1) is 45.6 Å². The molecule has 0 unspecified atom stereocenters. The lowest BCUT2D eigenvalue weighted by molar-refractivity contribution is -0.384. The van der Waals surface area contributed by atoms with E-state index in [1.165, 1.54) is 29.5 Å². The topological polar surface area (TPSA) is 80.5 Å². The molecule has 6 nitrogen and oxygen atoms in total. The van der Waals surface area contributed by atoms with E-state index in [9.17, 15) is 19.7 Å². The summed E-state index contributed by atoms with van der Waals surface area (Å²) >= 11 is 0. The summed E-state index contributed by atoms with van der Waals surface area (Å²) in [5.41, 5.74) is 0.250. The van der Waals surface area contributed by atoms with Gasteiger partial charge in [-0.25, -0.2) is 4.90 Å². The second-order valence-electron chi connectivity index (χ2n) is 7.31. The number of imide groups is 1. The van der Waals surface area contributed by atoms with Gasteiger partial charge in [0.15, 0.2) is 0 Å². The second kappa shape index (κ2) is 4.19. The highest BCUT2D eigenvalue weighted by atomic mass is 16.6.